The highest BCUT2D eigenvalue weighted by molar-refractivity contribution is 6.51. The van der Waals surface area contributed by atoms with E-state index in [0.717, 1.165) is 0 Å². The summed E-state index contributed by atoms with van der Waals surface area (Å²) in [5, 5.41) is 11.3. The number of rotatable bonds is 2. The third kappa shape index (κ3) is 1.63. The van der Waals surface area contributed by atoms with Crippen molar-refractivity contribution in [1.82, 2.24) is 0 Å². The molecular weight excluding hydrogens is 226 g/mol. The van der Waals surface area contributed by atoms with Crippen molar-refractivity contribution in [2.24, 2.45) is 0 Å². The van der Waals surface area contributed by atoms with Gasteiger partial charge in [0.15, 0.2) is 6.04 Å². The molecular formula is C11H9NO5. The van der Waals surface area contributed by atoms with Crippen LogP contribution in [0.25, 0.3) is 0 Å². The molecule has 1 heterocycles. The number of methoxy groups -OCH3 is 1. The minimum atomic E-state index is -1.55. The number of ketones is 2. The molecule has 0 spiro atoms. The van der Waals surface area contributed by atoms with Gasteiger partial charge in [0, 0.05) is 0 Å². The second-order valence-electron chi connectivity index (χ2n) is 3.49. The maximum Gasteiger partial charge on any atom is 0.334 e. The summed E-state index contributed by atoms with van der Waals surface area (Å²) in [6.45, 7) is 0. The molecule has 1 unspecified atom stereocenters. The zero-order valence-corrected chi connectivity index (χ0v) is 8.89. The minimum absolute atomic E-state index is 0.131. The lowest BCUT2D eigenvalue weighted by Crippen LogP contribution is -2.45. The van der Waals surface area contributed by atoms with Crippen LogP contribution in [0, 0.1) is 0 Å². The van der Waals surface area contributed by atoms with E-state index in [9.17, 15) is 14.4 Å². The maximum absolute atomic E-state index is 11.7. The Labute approximate surface area is 96.2 Å². The van der Waals surface area contributed by atoms with E-state index < -0.39 is 23.6 Å². The Kier molecular flexibility index (Phi) is 2.55. The Bertz CT molecular complexity index is 523. The second kappa shape index (κ2) is 3.89. The maximum atomic E-state index is 11.7. The summed E-state index contributed by atoms with van der Waals surface area (Å²) in [4.78, 5) is 34.0. The largest absolute Gasteiger partial charge is 0.495 e. The summed E-state index contributed by atoms with van der Waals surface area (Å²) in [6.07, 6.45) is 0. The summed E-state index contributed by atoms with van der Waals surface area (Å²) >= 11 is 0. The quantitative estimate of drug-likeness (QED) is 0.566. The molecule has 1 aromatic rings. The average Bonchev–Trinajstić information content (AvgIpc) is 2.32. The van der Waals surface area contributed by atoms with Crippen molar-refractivity contribution >= 4 is 23.2 Å². The number of carboxylic acids is 1. The molecule has 0 amide bonds. The SMILES string of the molecule is COc1cccc2c1NC(C(=O)O)C(=O)C2=O. The van der Waals surface area contributed by atoms with Gasteiger partial charge in [-0.2, -0.15) is 0 Å². The lowest BCUT2D eigenvalue weighted by molar-refractivity contribution is -0.140. The van der Waals surface area contributed by atoms with Crippen LogP contribution in [0.4, 0.5) is 5.69 Å². The van der Waals surface area contributed by atoms with Gasteiger partial charge in [0.25, 0.3) is 0 Å². The van der Waals surface area contributed by atoms with Crippen LogP contribution >= 0.6 is 0 Å². The lowest BCUT2D eigenvalue weighted by atomic mass is 9.95. The lowest BCUT2D eigenvalue weighted by Gasteiger charge is -2.23. The van der Waals surface area contributed by atoms with Crippen LogP contribution in [0.3, 0.4) is 0 Å². The van der Waals surface area contributed by atoms with Crippen molar-refractivity contribution < 1.29 is 24.2 Å². The number of hydrogen-bond acceptors (Lipinski definition) is 5. The third-order valence-electron chi connectivity index (χ3n) is 2.51. The molecule has 17 heavy (non-hydrogen) atoms. The number of ether oxygens (including phenoxy) is 1. The van der Waals surface area contributed by atoms with Crippen molar-refractivity contribution in [1.29, 1.82) is 0 Å². The van der Waals surface area contributed by atoms with E-state index in [4.69, 9.17) is 9.84 Å². The molecule has 0 radical (unpaired) electrons. The van der Waals surface area contributed by atoms with Crippen LogP contribution in [0.2, 0.25) is 0 Å². The van der Waals surface area contributed by atoms with E-state index in [1.165, 1.54) is 13.2 Å². The first-order valence-corrected chi connectivity index (χ1v) is 4.81. The van der Waals surface area contributed by atoms with Gasteiger partial charge < -0.3 is 15.2 Å². The fourth-order valence-electron chi connectivity index (χ4n) is 1.69. The Hall–Kier alpha value is -2.37. The molecule has 6 nitrogen and oxygen atoms in total. The summed E-state index contributed by atoms with van der Waals surface area (Å²) in [5.41, 5.74) is 0.374. The van der Waals surface area contributed by atoms with Gasteiger partial charge in [-0.3, -0.25) is 9.59 Å². The zero-order chi connectivity index (χ0) is 12.6. The minimum Gasteiger partial charge on any atom is -0.495 e. The average molecular weight is 235 g/mol. The van der Waals surface area contributed by atoms with E-state index in [1.807, 2.05) is 0 Å². The number of nitrogens with one attached hydrogen (secondary N) is 1. The van der Waals surface area contributed by atoms with E-state index in [1.54, 1.807) is 12.1 Å². The molecule has 1 aliphatic heterocycles. The number of aliphatic carboxylic acids is 1. The summed E-state index contributed by atoms with van der Waals surface area (Å²) in [5.74, 6) is -2.85. The predicted molar refractivity (Wildman–Crippen MR) is 57.4 cm³/mol. The molecule has 2 N–H and O–H groups in total. The van der Waals surface area contributed by atoms with Gasteiger partial charge in [-0.15, -0.1) is 0 Å². The number of fused-ring (bicyclic) bond motifs is 1. The highest BCUT2D eigenvalue weighted by Crippen LogP contribution is 2.32. The van der Waals surface area contributed by atoms with E-state index in [-0.39, 0.29) is 11.3 Å². The Morgan fingerprint density at radius 3 is 2.71 bits per heavy atom. The van der Waals surface area contributed by atoms with Crippen molar-refractivity contribution in [2.75, 3.05) is 12.4 Å². The van der Waals surface area contributed by atoms with Gasteiger partial charge >= 0.3 is 5.97 Å². The van der Waals surface area contributed by atoms with Gasteiger partial charge in [-0.1, -0.05) is 6.07 Å². The summed E-state index contributed by atoms with van der Waals surface area (Å²) in [6, 6.07) is 3.04. The molecule has 88 valence electrons. The molecule has 0 bridgehead atoms. The number of para-hydroxylation sites is 1. The van der Waals surface area contributed by atoms with E-state index in [0.29, 0.717) is 5.75 Å². The van der Waals surface area contributed by atoms with Crippen LogP contribution in [0.1, 0.15) is 10.4 Å². The van der Waals surface area contributed by atoms with Gasteiger partial charge in [0.1, 0.15) is 5.75 Å². The molecule has 1 aliphatic rings. The molecule has 0 saturated carbocycles. The molecule has 0 saturated heterocycles. The third-order valence-corrected chi connectivity index (χ3v) is 2.51. The van der Waals surface area contributed by atoms with Crippen LogP contribution < -0.4 is 10.1 Å². The van der Waals surface area contributed by atoms with Gasteiger partial charge in [-0.05, 0) is 12.1 Å². The van der Waals surface area contributed by atoms with Crippen molar-refractivity contribution in [2.45, 2.75) is 6.04 Å². The van der Waals surface area contributed by atoms with Crippen molar-refractivity contribution in [3.05, 3.63) is 23.8 Å². The first-order valence-electron chi connectivity index (χ1n) is 4.81. The molecule has 1 atom stereocenters. The number of carbonyl (C=O) groups is 3. The van der Waals surface area contributed by atoms with Gasteiger partial charge in [0.2, 0.25) is 11.6 Å². The predicted octanol–water partition coefficient (Wildman–Crippen LogP) is 0.326. The molecule has 0 aliphatic carbocycles. The first-order chi connectivity index (χ1) is 8.06. The van der Waals surface area contributed by atoms with Crippen LogP contribution in [-0.2, 0) is 9.59 Å². The van der Waals surface area contributed by atoms with Gasteiger partial charge in [0.05, 0.1) is 18.4 Å². The first kappa shape index (κ1) is 11.1. The normalized spacial score (nSPS) is 18.3. The van der Waals surface area contributed by atoms with E-state index >= 15 is 0 Å². The highest BCUT2D eigenvalue weighted by Gasteiger charge is 2.39. The fourth-order valence-corrected chi connectivity index (χ4v) is 1.69. The Morgan fingerprint density at radius 1 is 1.41 bits per heavy atom. The molecule has 6 heteroatoms. The van der Waals surface area contributed by atoms with Gasteiger partial charge in [-0.25, -0.2) is 4.79 Å². The van der Waals surface area contributed by atoms with Crippen molar-refractivity contribution in [3.63, 3.8) is 0 Å². The van der Waals surface area contributed by atoms with Crippen LogP contribution in [0.15, 0.2) is 18.2 Å². The Morgan fingerprint density at radius 2 is 2.12 bits per heavy atom. The van der Waals surface area contributed by atoms with Crippen molar-refractivity contribution in [3.8, 4) is 5.75 Å². The smallest absolute Gasteiger partial charge is 0.334 e. The number of anilines is 1. The molecule has 0 aromatic heterocycles. The van der Waals surface area contributed by atoms with E-state index in [2.05, 4.69) is 5.32 Å². The number of carbonyl (C=O) groups excluding carboxylic acids is 2. The summed E-state index contributed by atoms with van der Waals surface area (Å²) in [7, 11) is 1.40. The fraction of sp³-hybridized carbons (Fsp3) is 0.182. The monoisotopic (exact) mass is 235 g/mol. The second-order valence-corrected chi connectivity index (χ2v) is 3.49. The number of Topliss-reactive ketones (excluding diaryl/α,β-unsaturated/α-hetero) is 2. The molecule has 2 rings (SSSR count). The number of hydrogen-bond donors (Lipinski definition) is 2. The molecule has 0 fully saturated rings. The topological polar surface area (TPSA) is 92.7 Å². The highest BCUT2D eigenvalue weighted by atomic mass is 16.5. The summed E-state index contributed by atoms with van der Waals surface area (Å²) < 4.78 is 5.01. The number of benzene rings is 1. The zero-order valence-electron chi connectivity index (χ0n) is 8.89. The number of carboxylic acid groups (broad SMARTS) is 1. The van der Waals surface area contributed by atoms with Crippen LogP contribution in [0.5, 0.6) is 5.75 Å². The molecule has 1 aromatic carbocycles. The standard InChI is InChI=1S/C11H9NO5/c1-17-6-4-2-3-5-7(6)12-8(11(15)16)10(14)9(5)13/h2-4,8,12H,1H3,(H,15,16). The van der Waals surface area contributed by atoms with Crippen LogP contribution in [-0.4, -0.2) is 35.8 Å². The Balaban J connectivity index is 2.57.